The van der Waals surface area contributed by atoms with Gasteiger partial charge in [-0.15, -0.1) is 24.0 Å². The van der Waals surface area contributed by atoms with Crippen LogP contribution in [0.2, 0.25) is 5.02 Å². The highest BCUT2D eigenvalue weighted by molar-refractivity contribution is 14.0. The molecule has 0 bridgehead atoms. The van der Waals surface area contributed by atoms with E-state index in [9.17, 15) is 0 Å². The largest absolute Gasteiger partial charge is 0.355 e. The number of aliphatic imine (C=N–C) groups is 1. The van der Waals surface area contributed by atoms with Gasteiger partial charge in [0, 0.05) is 42.8 Å². The van der Waals surface area contributed by atoms with Crippen molar-refractivity contribution in [3.05, 3.63) is 35.2 Å². The molecule has 1 aromatic carbocycles. The third kappa shape index (κ3) is 7.56. The van der Waals surface area contributed by atoms with E-state index >= 15 is 0 Å². The van der Waals surface area contributed by atoms with Crippen LogP contribution in [0, 0.1) is 0 Å². The number of aromatic nitrogens is 2. The molecule has 2 N–H and O–H groups in total. The molecule has 0 fully saturated rings. The molecule has 2 aromatic rings. The number of rotatable bonds is 8. The molecular formula is C19H30ClIN6O. The van der Waals surface area contributed by atoms with Crippen LogP contribution in [0.5, 0.6) is 0 Å². The summed E-state index contributed by atoms with van der Waals surface area (Å²) in [6, 6.07) is 8.37. The summed E-state index contributed by atoms with van der Waals surface area (Å²) in [4.78, 5) is 11.1. The Kier molecular flexibility index (Phi) is 10.8. The summed E-state index contributed by atoms with van der Waals surface area (Å²) in [5.74, 6) is 1.70. The minimum Gasteiger partial charge on any atom is -0.355 e. The zero-order valence-corrected chi connectivity index (χ0v) is 20.2. The number of hydrogen-bond acceptors (Lipinski definition) is 5. The highest BCUT2D eigenvalue weighted by atomic mass is 127. The van der Waals surface area contributed by atoms with Crippen LogP contribution in [-0.2, 0) is 6.54 Å². The van der Waals surface area contributed by atoms with Crippen molar-refractivity contribution in [1.29, 1.82) is 0 Å². The molecule has 0 saturated carbocycles. The number of halogens is 2. The Labute approximate surface area is 189 Å². The van der Waals surface area contributed by atoms with Crippen LogP contribution in [0.3, 0.4) is 0 Å². The molecule has 28 heavy (non-hydrogen) atoms. The maximum atomic E-state index is 6.01. The van der Waals surface area contributed by atoms with Crippen LogP contribution in [0.1, 0.15) is 33.6 Å². The van der Waals surface area contributed by atoms with Gasteiger partial charge < -0.3 is 15.2 Å². The quantitative estimate of drug-likeness (QED) is 0.313. The molecule has 0 radical (unpaired) electrons. The molecular weight excluding hydrogens is 491 g/mol. The fourth-order valence-electron chi connectivity index (χ4n) is 2.87. The summed E-state index contributed by atoms with van der Waals surface area (Å²) in [5.41, 5.74) is 0.822. The third-order valence-electron chi connectivity index (χ3n) is 4.17. The van der Waals surface area contributed by atoms with Gasteiger partial charge in [0.15, 0.2) is 5.96 Å². The molecule has 0 atom stereocenters. The molecule has 156 valence electrons. The van der Waals surface area contributed by atoms with Crippen LogP contribution in [0.15, 0.2) is 33.8 Å². The Balaban J connectivity index is 0.00000392. The topological polar surface area (TPSA) is 78.6 Å². The van der Waals surface area contributed by atoms with Gasteiger partial charge in [-0.2, -0.15) is 4.98 Å². The second-order valence-electron chi connectivity index (χ2n) is 6.80. The molecule has 0 spiro atoms. The maximum absolute atomic E-state index is 6.01. The highest BCUT2D eigenvalue weighted by Gasteiger charge is 2.13. The normalized spacial score (nSPS) is 11.8. The molecule has 0 aliphatic carbocycles. The average molecular weight is 521 g/mol. The van der Waals surface area contributed by atoms with E-state index in [0.717, 1.165) is 18.7 Å². The maximum Gasteiger partial charge on any atom is 0.246 e. The monoisotopic (exact) mass is 520 g/mol. The van der Waals surface area contributed by atoms with Gasteiger partial charge in [0.2, 0.25) is 11.7 Å². The molecule has 1 heterocycles. The molecule has 0 aliphatic rings. The van der Waals surface area contributed by atoms with E-state index in [1.807, 2.05) is 18.2 Å². The average Bonchev–Trinajstić information content (AvgIpc) is 3.09. The minimum atomic E-state index is 0. The predicted molar refractivity (Wildman–Crippen MR) is 125 cm³/mol. The second kappa shape index (κ2) is 12.2. The van der Waals surface area contributed by atoms with Crippen LogP contribution < -0.4 is 10.6 Å². The van der Waals surface area contributed by atoms with Crippen molar-refractivity contribution in [1.82, 2.24) is 25.7 Å². The van der Waals surface area contributed by atoms with Crippen molar-refractivity contribution >= 4 is 41.5 Å². The summed E-state index contributed by atoms with van der Waals surface area (Å²) >= 11 is 6.01. The number of benzene rings is 1. The van der Waals surface area contributed by atoms with Crippen molar-refractivity contribution in [3.63, 3.8) is 0 Å². The van der Waals surface area contributed by atoms with E-state index in [0.29, 0.717) is 41.3 Å². The van der Waals surface area contributed by atoms with E-state index in [-0.39, 0.29) is 24.0 Å². The lowest BCUT2D eigenvalue weighted by molar-refractivity contribution is 0.178. The molecule has 0 unspecified atom stereocenters. The highest BCUT2D eigenvalue weighted by Crippen LogP contribution is 2.19. The van der Waals surface area contributed by atoms with Gasteiger partial charge in [0.25, 0.3) is 0 Å². The van der Waals surface area contributed by atoms with Crippen molar-refractivity contribution in [2.75, 3.05) is 20.1 Å². The fraction of sp³-hybridized carbons (Fsp3) is 0.526. The van der Waals surface area contributed by atoms with Crippen molar-refractivity contribution in [2.45, 2.75) is 46.3 Å². The Morgan fingerprint density at radius 3 is 2.54 bits per heavy atom. The van der Waals surface area contributed by atoms with Crippen LogP contribution in [0.4, 0.5) is 0 Å². The van der Waals surface area contributed by atoms with Gasteiger partial charge in [0.1, 0.15) is 0 Å². The summed E-state index contributed by atoms with van der Waals surface area (Å²) < 4.78 is 5.30. The van der Waals surface area contributed by atoms with Crippen molar-refractivity contribution in [3.8, 4) is 11.4 Å². The molecule has 0 saturated heterocycles. The van der Waals surface area contributed by atoms with E-state index in [1.165, 1.54) is 0 Å². The lowest BCUT2D eigenvalue weighted by atomic mass is 10.2. The molecule has 1 aromatic heterocycles. The molecule has 9 heteroatoms. The van der Waals surface area contributed by atoms with E-state index < -0.39 is 0 Å². The molecule has 2 rings (SSSR count). The first-order valence-electron chi connectivity index (χ1n) is 9.19. The number of guanidine groups is 1. The minimum absolute atomic E-state index is 0. The SMILES string of the molecule is CN=C(NCCN(C(C)C)C(C)C)NCc1nc(-c2cccc(Cl)c2)no1.I. The van der Waals surface area contributed by atoms with Gasteiger partial charge in [-0.05, 0) is 39.8 Å². The van der Waals surface area contributed by atoms with E-state index in [1.54, 1.807) is 13.1 Å². The fourth-order valence-corrected chi connectivity index (χ4v) is 3.06. The summed E-state index contributed by atoms with van der Waals surface area (Å²) in [5, 5.41) is 11.1. The number of hydrogen-bond donors (Lipinski definition) is 2. The first kappa shape index (κ1) is 24.6. The summed E-state index contributed by atoms with van der Waals surface area (Å²) in [7, 11) is 1.74. The van der Waals surface area contributed by atoms with Crippen LogP contribution in [0.25, 0.3) is 11.4 Å². The molecule has 0 aliphatic heterocycles. The third-order valence-corrected chi connectivity index (χ3v) is 4.41. The first-order valence-corrected chi connectivity index (χ1v) is 9.57. The Morgan fingerprint density at radius 1 is 1.21 bits per heavy atom. The van der Waals surface area contributed by atoms with Gasteiger partial charge in [0.05, 0.1) is 6.54 Å². The zero-order valence-electron chi connectivity index (χ0n) is 17.1. The van der Waals surface area contributed by atoms with Gasteiger partial charge in [-0.1, -0.05) is 28.9 Å². The smallest absolute Gasteiger partial charge is 0.246 e. The Morgan fingerprint density at radius 2 is 1.93 bits per heavy atom. The first-order chi connectivity index (χ1) is 12.9. The Bertz CT molecular complexity index is 742. The Hall–Kier alpha value is -1.39. The standard InChI is InChI=1S/C19H29ClN6O.HI/c1-13(2)26(14(3)4)10-9-22-19(21-5)23-12-17-24-18(25-27-17)15-7-6-8-16(20)11-15;/h6-8,11,13-14H,9-10,12H2,1-5H3,(H2,21,22,23);1H. The lowest BCUT2D eigenvalue weighted by Gasteiger charge is -2.30. The van der Waals surface area contributed by atoms with Gasteiger partial charge >= 0.3 is 0 Å². The second-order valence-corrected chi connectivity index (χ2v) is 7.24. The molecule has 0 amide bonds. The van der Waals surface area contributed by atoms with Gasteiger partial charge in [-0.3, -0.25) is 9.89 Å². The van der Waals surface area contributed by atoms with Crippen molar-refractivity contribution in [2.24, 2.45) is 4.99 Å². The van der Waals surface area contributed by atoms with Crippen LogP contribution >= 0.6 is 35.6 Å². The zero-order chi connectivity index (χ0) is 19.8. The summed E-state index contributed by atoms with van der Waals surface area (Å²) in [6.07, 6.45) is 0. The van der Waals surface area contributed by atoms with E-state index in [4.69, 9.17) is 16.1 Å². The molecule has 7 nitrogen and oxygen atoms in total. The lowest BCUT2D eigenvalue weighted by Crippen LogP contribution is -2.45. The van der Waals surface area contributed by atoms with Crippen molar-refractivity contribution < 1.29 is 4.52 Å². The number of nitrogens with one attached hydrogen (secondary N) is 2. The van der Waals surface area contributed by atoms with E-state index in [2.05, 4.69) is 58.4 Å². The number of nitrogens with zero attached hydrogens (tertiary/aromatic N) is 4. The van der Waals surface area contributed by atoms with Gasteiger partial charge in [-0.25, -0.2) is 0 Å². The summed E-state index contributed by atoms with van der Waals surface area (Å²) in [6.45, 7) is 11.0. The van der Waals surface area contributed by atoms with Crippen LogP contribution in [-0.4, -0.2) is 53.2 Å². The predicted octanol–water partition coefficient (Wildman–Crippen LogP) is 3.79.